The number of aryl methyl sites for hydroxylation is 1. The molecule has 0 aliphatic rings. The first kappa shape index (κ1) is 16.1. The summed E-state index contributed by atoms with van der Waals surface area (Å²) in [5, 5.41) is 11.5. The lowest BCUT2D eigenvalue weighted by Gasteiger charge is -2.04. The number of rotatable bonds is 5. The summed E-state index contributed by atoms with van der Waals surface area (Å²) in [4.78, 5) is 0. The largest absolute Gasteiger partial charge is 0.494 e. The Bertz CT molecular complexity index is 892. The van der Waals surface area contributed by atoms with E-state index in [0.29, 0.717) is 17.2 Å². The minimum Gasteiger partial charge on any atom is -0.494 e. The molecule has 1 heterocycles. The molecule has 24 heavy (non-hydrogen) atoms. The van der Waals surface area contributed by atoms with Crippen LogP contribution in [0.25, 0.3) is 11.4 Å². The van der Waals surface area contributed by atoms with Gasteiger partial charge in [0.05, 0.1) is 12.8 Å². The molecule has 1 N–H and O–H groups in total. The quantitative estimate of drug-likeness (QED) is 0.560. The minimum atomic E-state index is 0.447. The topological polar surface area (TPSA) is 55.2 Å². The van der Waals surface area contributed by atoms with E-state index in [0.717, 1.165) is 16.9 Å². The lowest BCUT2D eigenvalue weighted by molar-refractivity contribution is 0.340. The van der Waals surface area contributed by atoms with Gasteiger partial charge in [0, 0.05) is 5.56 Å². The number of nitrogens with one attached hydrogen (secondary N) is 1. The highest BCUT2D eigenvalue weighted by Crippen LogP contribution is 2.21. The van der Waals surface area contributed by atoms with E-state index >= 15 is 0 Å². The van der Waals surface area contributed by atoms with Gasteiger partial charge in [-0.05, 0) is 55.9 Å². The molecular formula is C18H18N4OS. The maximum Gasteiger partial charge on any atom is 0.216 e. The van der Waals surface area contributed by atoms with Crippen LogP contribution in [0.4, 0.5) is 0 Å². The monoisotopic (exact) mass is 338 g/mol. The second-order valence-electron chi connectivity index (χ2n) is 5.28. The fourth-order valence-electron chi connectivity index (χ4n) is 2.23. The number of hydrogen-bond acceptors (Lipinski definition) is 4. The van der Waals surface area contributed by atoms with E-state index in [2.05, 4.69) is 22.2 Å². The number of hydrogen-bond donors (Lipinski definition) is 1. The summed E-state index contributed by atoms with van der Waals surface area (Å²) < 4.78 is 7.52. The molecule has 0 saturated carbocycles. The van der Waals surface area contributed by atoms with Crippen LogP contribution in [0.3, 0.4) is 0 Å². The summed E-state index contributed by atoms with van der Waals surface area (Å²) in [6, 6.07) is 15.8. The third-order valence-electron chi connectivity index (χ3n) is 3.47. The first-order valence-electron chi connectivity index (χ1n) is 7.69. The highest BCUT2D eigenvalue weighted by Gasteiger charge is 2.08. The van der Waals surface area contributed by atoms with Gasteiger partial charge < -0.3 is 4.74 Å². The van der Waals surface area contributed by atoms with Crippen LogP contribution < -0.4 is 4.74 Å². The van der Waals surface area contributed by atoms with Crippen molar-refractivity contribution in [1.82, 2.24) is 14.9 Å². The number of aromatic amines is 1. The van der Waals surface area contributed by atoms with Gasteiger partial charge in [-0.2, -0.15) is 14.9 Å². The fraction of sp³-hybridized carbons (Fsp3) is 0.167. The Kier molecular flexibility index (Phi) is 4.86. The summed E-state index contributed by atoms with van der Waals surface area (Å²) in [6.07, 6.45) is 1.77. The average Bonchev–Trinajstić information content (AvgIpc) is 2.96. The maximum atomic E-state index is 5.46. The number of H-pyrrole nitrogens is 1. The Balaban J connectivity index is 1.91. The number of benzene rings is 2. The van der Waals surface area contributed by atoms with E-state index < -0.39 is 0 Å². The molecular weight excluding hydrogens is 320 g/mol. The van der Waals surface area contributed by atoms with Crippen LogP contribution in [0.1, 0.15) is 18.1 Å². The van der Waals surface area contributed by atoms with E-state index in [1.165, 1.54) is 5.56 Å². The normalized spacial score (nSPS) is 11.1. The predicted octanol–water partition coefficient (Wildman–Crippen LogP) is 4.20. The lowest BCUT2D eigenvalue weighted by Crippen LogP contribution is -1.96. The summed E-state index contributed by atoms with van der Waals surface area (Å²) in [5.41, 5.74) is 3.12. The van der Waals surface area contributed by atoms with Gasteiger partial charge in [-0.15, -0.1) is 0 Å². The SMILES string of the molecule is CCOc1ccc(-c2n[nH]c(=S)n2/N=C/c2ccc(C)cc2)cc1. The van der Waals surface area contributed by atoms with Crippen molar-refractivity contribution in [1.29, 1.82) is 0 Å². The van der Waals surface area contributed by atoms with Gasteiger partial charge >= 0.3 is 0 Å². The van der Waals surface area contributed by atoms with Gasteiger partial charge in [0.25, 0.3) is 0 Å². The van der Waals surface area contributed by atoms with Crippen molar-refractivity contribution in [2.75, 3.05) is 6.61 Å². The molecule has 0 bridgehead atoms. The molecule has 1 aromatic heterocycles. The summed E-state index contributed by atoms with van der Waals surface area (Å²) in [6.45, 7) is 4.65. The molecule has 0 unspecified atom stereocenters. The Hall–Kier alpha value is -2.73. The molecule has 0 spiro atoms. The van der Waals surface area contributed by atoms with Crippen molar-refractivity contribution in [2.24, 2.45) is 5.10 Å². The second-order valence-corrected chi connectivity index (χ2v) is 5.66. The molecule has 0 aliphatic carbocycles. The molecule has 0 radical (unpaired) electrons. The van der Waals surface area contributed by atoms with Crippen molar-refractivity contribution in [2.45, 2.75) is 13.8 Å². The fourth-order valence-corrected chi connectivity index (χ4v) is 2.41. The number of aromatic nitrogens is 3. The van der Waals surface area contributed by atoms with E-state index in [9.17, 15) is 0 Å². The van der Waals surface area contributed by atoms with Crippen LogP contribution in [-0.2, 0) is 0 Å². The van der Waals surface area contributed by atoms with Crippen molar-refractivity contribution in [3.63, 3.8) is 0 Å². The van der Waals surface area contributed by atoms with E-state index in [1.807, 2.05) is 55.5 Å². The first-order chi connectivity index (χ1) is 11.7. The molecule has 0 atom stereocenters. The third kappa shape index (κ3) is 3.60. The van der Waals surface area contributed by atoms with Crippen LogP contribution in [0.15, 0.2) is 53.6 Å². The van der Waals surface area contributed by atoms with Crippen molar-refractivity contribution < 1.29 is 4.74 Å². The van der Waals surface area contributed by atoms with Crippen LogP contribution in [0.5, 0.6) is 5.75 Å². The van der Waals surface area contributed by atoms with E-state index in [4.69, 9.17) is 17.0 Å². The van der Waals surface area contributed by atoms with Gasteiger partial charge in [0.15, 0.2) is 5.82 Å². The highest BCUT2D eigenvalue weighted by molar-refractivity contribution is 7.71. The summed E-state index contributed by atoms with van der Waals surface area (Å²) in [5.74, 6) is 1.48. The Morgan fingerprint density at radius 1 is 1.17 bits per heavy atom. The maximum absolute atomic E-state index is 5.46. The molecule has 3 aromatic rings. The summed E-state index contributed by atoms with van der Waals surface area (Å²) in [7, 11) is 0. The molecule has 122 valence electrons. The van der Waals surface area contributed by atoms with Gasteiger partial charge in [-0.1, -0.05) is 29.8 Å². The second kappa shape index (κ2) is 7.23. The molecule has 0 fully saturated rings. The van der Waals surface area contributed by atoms with Crippen molar-refractivity contribution in [3.8, 4) is 17.1 Å². The van der Waals surface area contributed by atoms with Crippen LogP contribution in [-0.4, -0.2) is 27.7 Å². The Morgan fingerprint density at radius 2 is 1.88 bits per heavy atom. The van der Waals surface area contributed by atoms with Gasteiger partial charge in [0.1, 0.15) is 5.75 Å². The van der Waals surface area contributed by atoms with Crippen LogP contribution >= 0.6 is 12.2 Å². The molecule has 0 amide bonds. The zero-order valence-corrected chi connectivity index (χ0v) is 14.4. The zero-order valence-electron chi connectivity index (χ0n) is 13.6. The van der Waals surface area contributed by atoms with Gasteiger partial charge in [-0.3, -0.25) is 0 Å². The molecule has 6 heteroatoms. The molecule has 0 saturated heterocycles. The molecule has 3 rings (SSSR count). The lowest BCUT2D eigenvalue weighted by atomic mass is 10.2. The molecule has 5 nitrogen and oxygen atoms in total. The standard InChI is InChI=1S/C18H18N4OS/c1-3-23-16-10-8-15(9-11-16)17-20-21-18(24)22(17)19-12-14-6-4-13(2)5-7-14/h4-12H,3H2,1-2H3,(H,21,24)/b19-12+. The summed E-state index contributed by atoms with van der Waals surface area (Å²) >= 11 is 5.28. The molecule has 0 aliphatic heterocycles. The zero-order chi connectivity index (χ0) is 16.9. The number of ether oxygens (including phenoxy) is 1. The first-order valence-corrected chi connectivity index (χ1v) is 8.10. The van der Waals surface area contributed by atoms with Crippen LogP contribution in [0.2, 0.25) is 0 Å². The van der Waals surface area contributed by atoms with Gasteiger partial charge in [-0.25, -0.2) is 5.10 Å². The Morgan fingerprint density at radius 3 is 2.54 bits per heavy atom. The smallest absolute Gasteiger partial charge is 0.216 e. The Labute approximate surface area is 145 Å². The predicted molar refractivity (Wildman–Crippen MR) is 98.2 cm³/mol. The highest BCUT2D eigenvalue weighted by atomic mass is 32.1. The third-order valence-corrected chi connectivity index (χ3v) is 3.74. The van der Waals surface area contributed by atoms with Crippen LogP contribution in [0, 0.1) is 11.7 Å². The number of nitrogens with zero attached hydrogens (tertiary/aromatic N) is 3. The average molecular weight is 338 g/mol. The van der Waals surface area contributed by atoms with Crippen molar-refractivity contribution in [3.05, 3.63) is 64.4 Å². The van der Waals surface area contributed by atoms with E-state index in [-0.39, 0.29) is 0 Å². The minimum absolute atomic E-state index is 0.447. The van der Waals surface area contributed by atoms with E-state index in [1.54, 1.807) is 10.9 Å². The molecule has 2 aromatic carbocycles. The van der Waals surface area contributed by atoms with Gasteiger partial charge in [0.2, 0.25) is 4.77 Å². The van der Waals surface area contributed by atoms with Crippen molar-refractivity contribution >= 4 is 18.4 Å².